The summed E-state index contributed by atoms with van der Waals surface area (Å²) in [6, 6.07) is 168. The average molecular weight is 1920 g/mol. The molecule has 19 aromatic carbocycles. The molecule has 12 nitrogen and oxygen atoms in total. The first-order chi connectivity index (χ1) is 73.0. The molecule has 3 aliphatic rings. The molecule has 26 rings (SSSR count). The molecule has 0 bridgehead atoms. The summed E-state index contributed by atoms with van der Waals surface area (Å²) in [7, 11) is 0. The summed E-state index contributed by atoms with van der Waals surface area (Å²) in [5.41, 5.74) is 39.2. The molecule has 4 heterocycles. The maximum absolute atomic E-state index is 5.06. The van der Waals surface area contributed by atoms with Crippen LogP contribution in [0.3, 0.4) is 0 Å². The molecule has 3 aliphatic carbocycles. The van der Waals surface area contributed by atoms with Crippen LogP contribution in [0.15, 0.2) is 485 Å². The molecule has 0 spiro atoms. The highest BCUT2D eigenvalue weighted by molar-refractivity contribution is 5.93. The van der Waals surface area contributed by atoms with Gasteiger partial charge >= 0.3 is 0 Å². The zero-order chi connectivity index (χ0) is 101. The second kappa shape index (κ2) is 40.4. The van der Waals surface area contributed by atoms with E-state index >= 15 is 0 Å². The smallest absolute Gasteiger partial charge is 0.164 e. The van der Waals surface area contributed by atoms with Gasteiger partial charge in [0.25, 0.3) is 0 Å². The molecule has 12 heteroatoms. The van der Waals surface area contributed by atoms with Crippen LogP contribution in [0.4, 0.5) is 0 Å². The van der Waals surface area contributed by atoms with Gasteiger partial charge < -0.3 is 0 Å². The average Bonchev–Trinajstić information content (AvgIpc) is 1.53. The van der Waals surface area contributed by atoms with E-state index in [1.54, 1.807) is 0 Å². The molecule has 0 radical (unpaired) electrons. The van der Waals surface area contributed by atoms with Crippen LogP contribution in [-0.2, 0) is 16.2 Å². The molecular formula is C137H104N12. The molecule has 0 unspecified atom stereocenters. The van der Waals surface area contributed by atoms with E-state index in [4.69, 9.17) is 59.8 Å². The van der Waals surface area contributed by atoms with Crippen molar-refractivity contribution in [1.82, 2.24) is 59.8 Å². The highest BCUT2D eigenvalue weighted by atomic mass is 15.1. The maximum Gasteiger partial charge on any atom is 0.164 e. The number of benzene rings is 19. The third-order valence-corrected chi connectivity index (χ3v) is 28.9. The minimum Gasteiger partial charge on any atom is -0.208 e. The Labute approximate surface area is 869 Å². The standard InChI is InChI=1S/C41H29N3.C34H25N3.2C31H25N3/c1-28-15-14-24-35-37(28)34-26-25-31(27-36(34)41(35,32-20-10-4-11-21-32)33-22-12-5-13-23-33)40-43-38(29-16-6-2-7-17-29)42-39(44-40)30-18-8-3-9-19-30;1-24-12-11-19-30(31(24)26-13-5-2-6-14-26)25-20-22-29(23-21-25)34-36-32(27-15-7-3-8-16-27)35-33(37-34)28-17-9-4-10-18-28;1-20-11-10-16-25-27(20)24-18-17-23(19-26(24)31(25,2)3)30-33-28(21-12-6-4-7-13-21)32-29(34-30)22-14-8-5-9-15-22;1-20-18-19-24(27-26(20)23-16-10-11-17-25(23)31(27,2)3)30-33-28(21-12-6-4-7-13-21)32-29(34-30)22-14-8-5-9-15-22/h2-27H,1H3;2-23H,1H3;2*4-19H,1-3H3. The first kappa shape index (κ1) is 93.8. The molecule has 0 N–H and O–H groups in total. The fraction of sp³-hybridized carbons (Fsp3) is 0.0803. The van der Waals surface area contributed by atoms with Gasteiger partial charge in [-0.3, -0.25) is 0 Å². The number of hydrogen-bond acceptors (Lipinski definition) is 12. The Balaban J connectivity index is 0.000000110. The Hall–Kier alpha value is -18.8. The van der Waals surface area contributed by atoms with Crippen molar-refractivity contribution in [2.45, 2.75) is 71.6 Å². The predicted octanol–water partition coefficient (Wildman–Crippen LogP) is 33.0. The van der Waals surface area contributed by atoms with Crippen LogP contribution in [0.25, 0.3) is 192 Å². The van der Waals surface area contributed by atoms with Crippen molar-refractivity contribution < 1.29 is 0 Å². The van der Waals surface area contributed by atoms with Crippen LogP contribution >= 0.6 is 0 Å². The van der Waals surface area contributed by atoms with E-state index in [0.717, 1.165) is 72.3 Å². The van der Waals surface area contributed by atoms with Crippen LogP contribution < -0.4 is 0 Å². The molecular weight excluding hydrogens is 1810 g/mol. The molecule has 0 saturated heterocycles. The van der Waals surface area contributed by atoms with E-state index in [1.807, 2.05) is 243 Å². The van der Waals surface area contributed by atoms with Gasteiger partial charge in [-0.25, -0.2) is 59.8 Å². The second-order valence-corrected chi connectivity index (χ2v) is 39.1. The van der Waals surface area contributed by atoms with Gasteiger partial charge in [-0.2, -0.15) is 0 Å². The lowest BCUT2D eigenvalue weighted by atomic mass is 9.67. The van der Waals surface area contributed by atoms with Gasteiger partial charge in [0.2, 0.25) is 0 Å². The Morgan fingerprint density at radius 1 is 0.141 bits per heavy atom. The summed E-state index contributed by atoms with van der Waals surface area (Å²) < 4.78 is 0. The van der Waals surface area contributed by atoms with E-state index in [2.05, 4.69) is 298 Å². The van der Waals surface area contributed by atoms with Crippen LogP contribution in [0.5, 0.6) is 0 Å². The lowest BCUT2D eigenvalue weighted by molar-refractivity contribution is 0.660. The van der Waals surface area contributed by atoms with Crippen molar-refractivity contribution >= 4 is 0 Å². The molecule has 0 atom stereocenters. The van der Waals surface area contributed by atoms with E-state index in [1.165, 1.54) is 117 Å². The molecule has 149 heavy (non-hydrogen) atoms. The minimum absolute atomic E-state index is 0.0791. The van der Waals surface area contributed by atoms with Crippen LogP contribution in [0, 0.1) is 27.7 Å². The van der Waals surface area contributed by atoms with Crippen molar-refractivity contribution in [3.8, 4) is 192 Å². The summed E-state index contributed by atoms with van der Waals surface area (Å²) in [4.78, 5) is 59.1. The Kier molecular flexibility index (Phi) is 25.5. The van der Waals surface area contributed by atoms with Crippen LogP contribution in [0.2, 0.25) is 0 Å². The zero-order valence-electron chi connectivity index (χ0n) is 84.1. The number of rotatable bonds is 16. The first-order valence-corrected chi connectivity index (χ1v) is 50.7. The van der Waals surface area contributed by atoms with Gasteiger partial charge in [-0.15, -0.1) is 0 Å². The monoisotopic (exact) mass is 1920 g/mol. The summed E-state index contributed by atoms with van der Waals surface area (Å²) in [5, 5.41) is 0. The van der Waals surface area contributed by atoms with Gasteiger partial charge in [0, 0.05) is 77.6 Å². The van der Waals surface area contributed by atoms with Crippen molar-refractivity contribution in [3.05, 3.63) is 552 Å². The van der Waals surface area contributed by atoms with Crippen LogP contribution in [0.1, 0.15) is 94.5 Å². The van der Waals surface area contributed by atoms with Crippen molar-refractivity contribution in [3.63, 3.8) is 0 Å². The molecule has 0 amide bonds. The SMILES string of the molecule is Cc1ccc(-c2nc(-c3ccccc3)nc(-c3ccccc3)n2)c2c1-c1ccccc1C2(C)C.Cc1cccc(-c2ccc(-c3nc(-c4ccccc4)nc(-c4ccccc4)n3)cc2)c1-c1ccccc1.Cc1cccc2c1-c1ccc(-c3nc(-c4ccccc4)nc(-c4ccccc4)n3)cc1C2(C)C.Cc1cccc2c1-c1ccc(-c3nc(-c4ccccc4)nc(-c4ccccc4)n3)cc1C2(c1ccccc1)c1ccccc1. The number of fused-ring (bicyclic) bond motifs is 9. The summed E-state index contributed by atoms with van der Waals surface area (Å²) in [6.45, 7) is 18.0. The third-order valence-electron chi connectivity index (χ3n) is 28.9. The minimum atomic E-state index is -0.493. The first-order valence-electron chi connectivity index (χ1n) is 50.7. The largest absolute Gasteiger partial charge is 0.208 e. The van der Waals surface area contributed by atoms with E-state index in [0.29, 0.717) is 69.9 Å². The molecule has 0 saturated carbocycles. The number of nitrogens with zero attached hydrogens (tertiary/aromatic N) is 12. The van der Waals surface area contributed by atoms with Gasteiger partial charge in [-0.1, -0.05) is 501 Å². The maximum atomic E-state index is 5.06. The number of aromatic nitrogens is 12. The van der Waals surface area contributed by atoms with E-state index < -0.39 is 5.41 Å². The quantitative estimate of drug-likeness (QED) is 0.0904. The highest BCUT2D eigenvalue weighted by Crippen LogP contribution is 2.59. The molecule has 4 aromatic heterocycles. The van der Waals surface area contributed by atoms with Crippen LogP contribution in [-0.4, -0.2) is 59.8 Å². The summed E-state index contributed by atoms with van der Waals surface area (Å²) in [5.74, 6) is 8.11. The van der Waals surface area contributed by atoms with Crippen molar-refractivity contribution in [1.29, 1.82) is 0 Å². The van der Waals surface area contributed by atoms with Gasteiger partial charge in [0.05, 0.1) is 5.41 Å². The molecule has 23 aromatic rings. The van der Waals surface area contributed by atoms with Gasteiger partial charge in [0.15, 0.2) is 69.9 Å². The molecule has 0 aliphatic heterocycles. The fourth-order valence-electron chi connectivity index (χ4n) is 21.7. The number of aryl methyl sites for hydroxylation is 4. The fourth-order valence-corrected chi connectivity index (χ4v) is 21.7. The third kappa shape index (κ3) is 18.2. The Morgan fingerprint density at radius 2 is 0.383 bits per heavy atom. The topological polar surface area (TPSA) is 155 Å². The lowest BCUT2D eigenvalue weighted by Gasteiger charge is -2.34. The van der Waals surface area contributed by atoms with Gasteiger partial charge in [-0.05, 0) is 162 Å². The van der Waals surface area contributed by atoms with Gasteiger partial charge in [0.1, 0.15) is 0 Å². The molecule has 712 valence electrons. The summed E-state index contributed by atoms with van der Waals surface area (Å²) in [6.07, 6.45) is 0. The van der Waals surface area contributed by atoms with Crippen molar-refractivity contribution in [2.24, 2.45) is 0 Å². The normalized spacial score (nSPS) is 12.6. The zero-order valence-corrected chi connectivity index (χ0v) is 84.1. The Morgan fingerprint density at radius 3 is 0.758 bits per heavy atom. The van der Waals surface area contributed by atoms with E-state index in [-0.39, 0.29) is 10.8 Å². The molecule has 0 fully saturated rings. The summed E-state index contributed by atoms with van der Waals surface area (Å²) >= 11 is 0. The van der Waals surface area contributed by atoms with Crippen molar-refractivity contribution in [2.75, 3.05) is 0 Å². The predicted molar refractivity (Wildman–Crippen MR) is 607 cm³/mol. The lowest BCUT2D eigenvalue weighted by Crippen LogP contribution is -2.28. The highest BCUT2D eigenvalue weighted by Gasteiger charge is 2.48. The second-order valence-electron chi connectivity index (χ2n) is 39.1. The van der Waals surface area contributed by atoms with E-state index in [9.17, 15) is 0 Å². The Bertz CT molecular complexity index is 8580. The number of hydrogen-bond donors (Lipinski definition) is 0.